The number of aliphatic hydroxyl groups excluding tert-OH is 1. The van der Waals surface area contributed by atoms with Crippen molar-refractivity contribution in [2.24, 2.45) is 0 Å². The van der Waals surface area contributed by atoms with Crippen LogP contribution in [0.2, 0.25) is 0 Å². The van der Waals surface area contributed by atoms with Crippen molar-refractivity contribution in [2.45, 2.75) is 25.7 Å². The molecule has 3 nitrogen and oxygen atoms in total. The van der Waals surface area contributed by atoms with Crippen LogP contribution in [0.1, 0.15) is 25.0 Å². The van der Waals surface area contributed by atoms with Gasteiger partial charge < -0.3 is 10.0 Å². The van der Waals surface area contributed by atoms with Gasteiger partial charge in [0.05, 0.1) is 0 Å². The van der Waals surface area contributed by atoms with Gasteiger partial charge in [-0.2, -0.15) is 0 Å². The molecule has 0 aliphatic heterocycles. The Morgan fingerprint density at radius 2 is 2.06 bits per heavy atom. The molecule has 1 rings (SSSR count). The van der Waals surface area contributed by atoms with Crippen molar-refractivity contribution in [3.63, 3.8) is 0 Å². The first-order chi connectivity index (χ1) is 7.83. The molecule has 0 unspecified atom stereocenters. The smallest absolute Gasteiger partial charge is 0.0431 e. The number of aliphatic hydroxyl groups is 1. The van der Waals surface area contributed by atoms with Crippen molar-refractivity contribution < 1.29 is 5.11 Å². The molecule has 0 aliphatic carbocycles. The molecule has 1 N–H and O–H groups in total. The Morgan fingerprint density at radius 3 is 2.75 bits per heavy atom. The Balaban J connectivity index is 2.08. The maximum absolute atomic E-state index is 8.66. The minimum absolute atomic E-state index is 0.317. The van der Waals surface area contributed by atoms with Crippen molar-refractivity contribution in [3.05, 3.63) is 30.1 Å². The summed E-state index contributed by atoms with van der Waals surface area (Å²) in [5.74, 6) is 0. The molecular formula is C13H22N2O. The molecule has 0 aromatic carbocycles. The SMILES string of the molecule is CN(CCCCCO)CCc1ccccn1. The van der Waals surface area contributed by atoms with Crippen LogP contribution in [0.25, 0.3) is 0 Å². The summed E-state index contributed by atoms with van der Waals surface area (Å²) in [7, 11) is 2.14. The predicted molar refractivity (Wildman–Crippen MR) is 66.4 cm³/mol. The number of hydrogen-bond acceptors (Lipinski definition) is 3. The highest BCUT2D eigenvalue weighted by Crippen LogP contribution is 1.99. The number of pyridine rings is 1. The van der Waals surface area contributed by atoms with Crippen molar-refractivity contribution in [1.29, 1.82) is 0 Å². The van der Waals surface area contributed by atoms with Crippen LogP contribution in [-0.4, -0.2) is 41.7 Å². The van der Waals surface area contributed by atoms with E-state index in [4.69, 9.17) is 5.11 Å². The van der Waals surface area contributed by atoms with E-state index in [2.05, 4.69) is 23.0 Å². The molecule has 16 heavy (non-hydrogen) atoms. The number of hydrogen-bond donors (Lipinski definition) is 1. The number of nitrogens with zero attached hydrogens (tertiary/aromatic N) is 2. The Kier molecular flexibility index (Phi) is 6.77. The summed E-state index contributed by atoms with van der Waals surface area (Å²) in [5.41, 5.74) is 1.16. The zero-order chi connectivity index (χ0) is 11.6. The van der Waals surface area contributed by atoms with E-state index in [1.807, 2.05) is 18.3 Å². The first-order valence-corrected chi connectivity index (χ1v) is 6.02. The van der Waals surface area contributed by atoms with E-state index in [9.17, 15) is 0 Å². The summed E-state index contributed by atoms with van der Waals surface area (Å²) >= 11 is 0. The molecule has 1 aromatic heterocycles. The molecular weight excluding hydrogens is 200 g/mol. The summed E-state index contributed by atoms with van der Waals surface area (Å²) in [4.78, 5) is 6.63. The van der Waals surface area contributed by atoms with Gasteiger partial charge in [-0.15, -0.1) is 0 Å². The minimum Gasteiger partial charge on any atom is -0.396 e. The third-order valence-electron chi connectivity index (χ3n) is 2.67. The van der Waals surface area contributed by atoms with Crippen LogP contribution in [0.4, 0.5) is 0 Å². The Labute approximate surface area is 98.1 Å². The van der Waals surface area contributed by atoms with Crippen molar-refractivity contribution in [1.82, 2.24) is 9.88 Å². The second-order valence-electron chi connectivity index (χ2n) is 4.16. The summed E-state index contributed by atoms with van der Waals surface area (Å²) in [6, 6.07) is 6.05. The Bertz CT molecular complexity index is 264. The van der Waals surface area contributed by atoms with E-state index in [0.717, 1.165) is 38.0 Å². The molecule has 0 saturated heterocycles. The van der Waals surface area contributed by atoms with Crippen LogP contribution in [0, 0.1) is 0 Å². The van der Waals surface area contributed by atoms with Gasteiger partial charge in [0.2, 0.25) is 0 Å². The van der Waals surface area contributed by atoms with Crippen molar-refractivity contribution in [3.8, 4) is 0 Å². The van der Waals surface area contributed by atoms with Crippen LogP contribution in [0.3, 0.4) is 0 Å². The lowest BCUT2D eigenvalue weighted by molar-refractivity contribution is 0.273. The predicted octanol–water partition coefficient (Wildman–Crippen LogP) is 1.72. The van der Waals surface area contributed by atoms with E-state index in [1.54, 1.807) is 0 Å². The van der Waals surface area contributed by atoms with Gasteiger partial charge >= 0.3 is 0 Å². The van der Waals surface area contributed by atoms with Gasteiger partial charge in [0.1, 0.15) is 0 Å². The van der Waals surface area contributed by atoms with Gasteiger partial charge in [-0.3, -0.25) is 4.98 Å². The fourth-order valence-electron chi connectivity index (χ4n) is 1.63. The molecule has 0 atom stereocenters. The summed E-state index contributed by atoms with van der Waals surface area (Å²) in [6.07, 6.45) is 6.06. The normalized spacial score (nSPS) is 10.9. The number of aromatic nitrogens is 1. The molecule has 1 aromatic rings. The number of likely N-dealkylation sites (N-methyl/N-ethyl adjacent to an activating group) is 1. The molecule has 0 radical (unpaired) electrons. The topological polar surface area (TPSA) is 36.4 Å². The van der Waals surface area contributed by atoms with Gasteiger partial charge in [-0.1, -0.05) is 6.07 Å². The van der Waals surface area contributed by atoms with Gasteiger partial charge in [0, 0.05) is 31.5 Å². The van der Waals surface area contributed by atoms with Crippen molar-refractivity contribution in [2.75, 3.05) is 26.7 Å². The lowest BCUT2D eigenvalue weighted by Gasteiger charge is -2.15. The van der Waals surface area contributed by atoms with E-state index in [0.29, 0.717) is 6.61 Å². The average molecular weight is 222 g/mol. The number of unbranched alkanes of at least 4 members (excludes halogenated alkanes) is 2. The molecule has 0 bridgehead atoms. The Hall–Kier alpha value is -0.930. The van der Waals surface area contributed by atoms with Gasteiger partial charge in [-0.05, 0) is 45.0 Å². The van der Waals surface area contributed by atoms with Crippen LogP contribution < -0.4 is 0 Å². The van der Waals surface area contributed by atoms with Gasteiger partial charge in [0.25, 0.3) is 0 Å². The highest BCUT2D eigenvalue weighted by Gasteiger charge is 1.99. The number of rotatable bonds is 8. The van der Waals surface area contributed by atoms with Crippen molar-refractivity contribution >= 4 is 0 Å². The molecule has 90 valence electrons. The maximum Gasteiger partial charge on any atom is 0.0431 e. The van der Waals surface area contributed by atoms with E-state index < -0.39 is 0 Å². The second-order valence-corrected chi connectivity index (χ2v) is 4.16. The lowest BCUT2D eigenvalue weighted by Crippen LogP contribution is -2.22. The highest BCUT2D eigenvalue weighted by atomic mass is 16.2. The van der Waals surface area contributed by atoms with E-state index in [1.165, 1.54) is 6.42 Å². The second kappa shape index (κ2) is 8.25. The van der Waals surface area contributed by atoms with Crippen LogP contribution in [0.15, 0.2) is 24.4 Å². The first kappa shape index (κ1) is 13.1. The van der Waals surface area contributed by atoms with E-state index in [-0.39, 0.29) is 0 Å². The minimum atomic E-state index is 0.317. The largest absolute Gasteiger partial charge is 0.396 e. The summed E-state index contributed by atoms with van der Waals surface area (Å²) in [5, 5.41) is 8.66. The summed E-state index contributed by atoms with van der Waals surface area (Å²) in [6.45, 7) is 2.47. The van der Waals surface area contributed by atoms with Crippen LogP contribution in [-0.2, 0) is 6.42 Å². The molecule has 0 spiro atoms. The third kappa shape index (κ3) is 5.83. The quantitative estimate of drug-likeness (QED) is 0.680. The lowest BCUT2D eigenvalue weighted by atomic mass is 10.2. The zero-order valence-electron chi connectivity index (χ0n) is 10.1. The third-order valence-corrected chi connectivity index (χ3v) is 2.67. The average Bonchev–Trinajstić information content (AvgIpc) is 2.33. The van der Waals surface area contributed by atoms with Gasteiger partial charge in [-0.25, -0.2) is 0 Å². The monoisotopic (exact) mass is 222 g/mol. The molecule has 0 fully saturated rings. The fourth-order valence-corrected chi connectivity index (χ4v) is 1.63. The standard InChI is InChI=1S/C13H22N2O/c1-15(10-5-2-6-12-16)11-8-13-7-3-4-9-14-13/h3-4,7,9,16H,2,5-6,8,10-12H2,1H3. The molecule has 3 heteroatoms. The molecule has 0 saturated carbocycles. The maximum atomic E-state index is 8.66. The summed E-state index contributed by atoms with van der Waals surface area (Å²) < 4.78 is 0. The molecule has 0 aliphatic rings. The fraction of sp³-hybridized carbons (Fsp3) is 0.615. The van der Waals surface area contributed by atoms with Crippen LogP contribution in [0.5, 0.6) is 0 Å². The zero-order valence-corrected chi connectivity index (χ0v) is 10.1. The first-order valence-electron chi connectivity index (χ1n) is 6.02. The van der Waals surface area contributed by atoms with Gasteiger partial charge in [0.15, 0.2) is 0 Å². The molecule has 0 amide bonds. The Morgan fingerprint density at radius 1 is 1.19 bits per heavy atom. The van der Waals surface area contributed by atoms with Crippen LogP contribution >= 0.6 is 0 Å². The van der Waals surface area contributed by atoms with E-state index >= 15 is 0 Å². The highest BCUT2D eigenvalue weighted by molar-refractivity contribution is 5.03. The molecule has 1 heterocycles.